The van der Waals surface area contributed by atoms with Crippen LogP contribution in [0.4, 0.5) is 9.52 Å². The van der Waals surface area contributed by atoms with Gasteiger partial charge in [0.05, 0.1) is 12.1 Å². The number of H-pyrrole nitrogens is 1. The van der Waals surface area contributed by atoms with E-state index in [0.717, 1.165) is 11.5 Å². The monoisotopic (exact) mass is 415 g/mol. The Kier molecular flexibility index (Phi) is 5.19. The van der Waals surface area contributed by atoms with Gasteiger partial charge in [0.25, 0.3) is 0 Å². The molecule has 0 radical (unpaired) electrons. The zero-order valence-electron chi connectivity index (χ0n) is 14.9. The number of hydrogen-bond acceptors (Lipinski definition) is 5. The number of benzene rings is 1. The molecule has 0 spiro atoms. The zero-order valence-corrected chi connectivity index (χ0v) is 16.5. The van der Waals surface area contributed by atoms with Crippen LogP contribution in [-0.2, 0) is 17.8 Å². The summed E-state index contributed by atoms with van der Waals surface area (Å²) in [5.41, 5.74) is 1.40. The van der Waals surface area contributed by atoms with Gasteiger partial charge in [0.2, 0.25) is 5.91 Å². The lowest BCUT2D eigenvalue weighted by Gasteiger charge is -2.03. The molecule has 144 valence electrons. The summed E-state index contributed by atoms with van der Waals surface area (Å²) >= 11 is 6.57. The highest BCUT2D eigenvalue weighted by Gasteiger charge is 2.45. The van der Waals surface area contributed by atoms with Gasteiger partial charge < -0.3 is 5.32 Å². The number of carbonyl (C=O) groups is 1. The Labute approximate surface area is 170 Å². The molecule has 2 atom stereocenters. The van der Waals surface area contributed by atoms with E-state index in [2.05, 4.69) is 27.1 Å². The summed E-state index contributed by atoms with van der Waals surface area (Å²) in [5, 5.41) is 12.3. The fraction of sp³-hybridized carbons (Fsp3) is 0.263. The first-order valence-corrected chi connectivity index (χ1v) is 10.1. The summed E-state index contributed by atoms with van der Waals surface area (Å²) in [6, 6.07) is 6.61. The first-order valence-electron chi connectivity index (χ1n) is 8.81. The van der Waals surface area contributed by atoms with Gasteiger partial charge in [0.15, 0.2) is 9.90 Å². The molecule has 0 bridgehead atoms. The summed E-state index contributed by atoms with van der Waals surface area (Å²) in [7, 11) is 0. The second-order valence-corrected chi connectivity index (χ2v) is 7.87. The Morgan fingerprint density at radius 3 is 3.11 bits per heavy atom. The molecule has 0 unspecified atom stereocenters. The maximum Gasteiger partial charge on any atom is 0.229 e. The van der Waals surface area contributed by atoms with Crippen molar-refractivity contribution in [3.05, 3.63) is 70.0 Å². The molecule has 1 saturated carbocycles. The second kappa shape index (κ2) is 7.76. The lowest BCUT2D eigenvalue weighted by molar-refractivity contribution is -0.117. The maximum atomic E-state index is 13.9. The van der Waals surface area contributed by atoms with Crippen LogP contribution in [0.15, 0.2) is 42.3 Å². The number of amides is 1. The highest BCUT2D eigenvalue weighted by atomic mass is 32.1. The van der Waals surface area contributed by atoms with Crippen molar-refractivity contribution < 1.29 is 9.18 Å². The summed E-state index contributed by atoms with van der Waals surface area (Å²) in [4.78, 5) is 16.9. The van der Waals surface area contributed by atoms with Gasteiger partial charge >= 0.3 is 0 Å². The third-order valence-electron chi connectivity index (χ3n) is 4.70. The van der Waals surface area contributed by atoms with Crippen LogP contribution in [0, 0.1) is 16.5 Å². The maximum absolute atomic E-state index is 13.9. The fourth-order valence-electron chi connectivity index (χ4n) is 3.21. The number of rotatable bonds is 7. The number of allylic oxidation sites excluding steroid dienone is 1. The summed E-state index contributed by atoms with van der Waals surface area (Å²) < 4.78 is 16.3. The van der Waals surface area contributed by atoms with E-state index < -0.39 is 0 Å². The minimum Gasteiger partial charge on any atom is -0.302 e. The second-order valence-electron chi connectivity index (χ2n) is 6.62. The van der Waals surface area contributed by atoms with E-state index in [4.69, 9.17) is 12.2 Å². The van der Waals surface area contributed by atoms with Crippen molar-refractivity contribution in [3.8, 4) is 0 Å². The lowest BCUT2D eigenvalue weighted by Crippen LogP contribution is -2.14. The molecule has 2 aromatic heterocycles. The number of halogens is 1. The van der Waals surface area contributed by atoms with Crippen LogP contribution in [0.3, 0.4) is 0 Å². The third kappa shape index (κ3) is 3.81. The summed E-state index contributed by atoms with van der Waals surface area (Å²) in [5.74, 6) is 0.104. The lowest BCUT2D eigenvalue weighted by atomic mass is 10.1. The van der Waals surface area contributed by atoms with E-state index in [1.807, 2.05) is 9.95 Å². The molecule has 1 aliphatic rings. The van der Waals surface area contributed by atoms with E-state index in [-0.39, 0.29) is 23.6 Å². The Morgan fingerprint density at radius 2 is 2.32 bits per heavy atom. The van der Waals surface area contributed by atoms with Crippen molar-refractivity contribution in [2.24, 2.45) is 5.92 Å². The molecule has 28 heavy (non-hydrogen) atoms. The van der Waals surface area contributed by atoms with E-state index in [1.165, 1.54) is 17.4 Å². The number of aromatic amines is 1. The van der Waals surface area contributed by atoms with E-state index in [0.29, 0.717) is 34.9 Å². The molecule has 2 heterocycles. The Morgan fingerprint density at radius 1 is 1.50 bits per heavy atom. The topological polar surface area (TPSA) is 75.6 Å². The number of thiazole rings is 1. The van der Waals surface area contributed by atoms with Gasteiger partial charge in [-0.3, -0.25) is 14.5 Å². The molecular weight excluding hydrogens is 397 g/mol. The van der Waals surface area contributed by atoms with Crippen molar-refractivity contribution >= 4 is 34.6 Å². The van der Waals surface area contributed by atoms with E-state index in [9.17, 15) is 9.18 Å². The molecule has 9 heteroatoms. The fourth-order valence-corrected chi connectivity index (χ4v) is 4.15. The molecule has 1 aromatic carbocycles. The average Bonchev–Trinajstić information content (AvgIpc) is 3.25. The quantitative estimate of drug-likeness (QED) is 0.451. The van der Waals surface area contributed by atoms with Crippen LogP contribution in [0.5, 0.6) is 0 Å². The SMILES string of the molecule is C=CCn1c(Cc2csc(NC(=O)[C@@H]3C[C@H]3c3ccccc3F)n2)n[nH]c1=S. The first kappa shape index (κ1) is 18.7. The number of anilines is 1. The standard InChI is InChI=1S/C19H18FN5OS2/c1-2-7-25-16(23-24-19(25)27)8-11-10-28-18(21-11)22-17(26)14-9-13(14)12-5-3-4-6-15(12)20/h2-6,10,13-14H,1,7-9H2,(H,24,27)(H,21,22,26)/t13-,14+/m0/s1. The number of carbonyl (C=O) groups excluding carboxylic acids is 1. The van der Waals surface area contributed by atoms with E-state index >= 15 is 0 Å². The Hall–Kier alpha value is -2.65. The highest BCUT2D eigenvalue weighted by Crippen LogP contribution is 2.48. The zero-order chi connectivity index (χ0) is 19.7. The molecule has 3 aromatic rings. The molecule has 1 amide bonds. The smallest absolute Gasteiger partial charge is 0.229 e. The van der Waals surface area contributed by atoms with Gasteiger partial charge in [0, 0.05) is 17.8 Å². The molecule has 6 nitrogen and oxygen atoms in total. The van der Waals surface area contributed by atoms with Gasteiger partial charge in [-0.05, 0) is 36.2 Å². The highest BCUT2D eigenvalue weighted by molar-refractivity contribution is 7.71. The van der Waals surface area contributed by atoms with Crippen molar-refractivity contribution in [2.75, 3.05) is 5.32 Å². The molecule has 4 rings (SSSR count). The number of nitrogens with one attached hydrogen (secondary N) is 2. The minimum absolute atomic E-state index is 0.0620. The molecule has 1 fully saturated rings. The van der Waals surface area contributed by atoms with Crippen LogP contribution >= 0.6 is 23.6 Å². The predicted molar refractivity (Wildman–Crippen MR) is 108 cm³/mol. The van der Waals surface area contributed by atoms with Gasteiger partial charge in [-0.25, -0.2) is 9.37 Å². The van der Waals surface area contributed by atoms with Crippen molar-refractivity contribution in [3.63, 3.8) is 0 Å². The molecule has 0 aliphatic heterocycles. The van der Waals surface area contributed by atoms with Crippen LogP contribution < -0.4 is 5.32 Å². The Balaban J connectivity index is 1.39. The van der Waals surface area contributed by atoms with Gasteiger partial charge in [-0.1, -0.05) is 24.3 Å². The average molecular weight is 416 g/mol. The number of hydrogen-bond donors (Lipinski definition) is 2. The number of aromatic nitrogens is 4. The van der Waals surface area contributed by atoms with Crippen LogP contribution in [0.1, 0.15) is 29.4 Å². The van der Waals surface area contributed by atoms with Gasteiger partial charge in [-0.2, -0.15) is 5.10 Å². The van der Waals surface area contributed by atoms with Crippen molar-refractivity contribution in [1.29, 1.82) is 0 Å². The summed E-state index contributed by atoms with van der Waals surface area (Å²) in [6.45, 7) is 4.29. The van der Waals surface area contributed by atoms with Crippen molar-refractivity contribution in [2.45, 2.75) is 25.3 Å². The van der Waals surface area contributed by atoms with Gasteiger partial charge in [0.1, 0.15) is 11.6 Å². The third-order valence-corrected chi connectivity index (χ3v) is 5.82. The first-order chi connectivity index (χ1) is 13.6. The normalized spacial score (nSPS) is 18.0. The largest absolute Gasteiger partial charge is 0.302 e. The Bertz CT molecular complexity index is 1090. The minimum atomic E-state index is -0.257. The molecule has 0 saturated heterocycles. The van der Waals surface area contributed by atoms with Crippen LogP contribution in [0.25, 0.3) is 0 Å². The van der Waals surface area contributed by atoms with E-state index in [1.54, 1.807) is 24.3 Å². The van der Waals surface area contributed by atoms with Crippen LogP contribution in [0.2, 0.25) is 0 Å². The molecule has 2 N–H and O–H groups in total. The number of nitrogens with zero attached hydrogens (tertiary/aromatic N) is 3. The molecule has 1 aliphatic carbocycles. The van der Waals surface area contributed by atoms with Crippen LogP contribution in [-0.4, -0.2) is 25.7 Å². The molecular formula is C19H18FN5OS2. The van der Waals surface area contributed by atoms with Crippen molar-refractivity contribution in [1.82, 2.24) is 19.7 Å². The predicted octanol–water partition coefficient (Wildman–Crippen LogP) is 4.06. The van der Waals surface area contributed by atoms with Gasteiger partial charge in [-0.15, -0.1) is 17.9 Å². The summed E-state index contributed by atoms with van der Waals surface area (Å²) in [6.07, 6.45) is 2.90.